The van der Waals surface area contributed by atoms with Crippen molar-refractivity contribution in [1.29, 1.82) is 0 Å². The zero-order chi connectivity index (χ0) is 37.0. The topological polar surface area (TPSA) is 196 Å². The lowest BCUT2D eigenvalue weighted by atomic mass is 10.0. The first kappa shape index (κ1) is 37.4. The van der Waals surface area contributed by atoms with E-state index >= 15 is 0 Å². The molecule has 52 heavy (non-hydrogen) atoms. The molecule has 280 valence electrons. The molecule has 0 bridgehead atoms. The first-order chi connectivity index (χ1) is 25.0. The number of ether oxygens (including phenoxy) is 3. The normalized spacial score (nSPS) is 28.0. The van der Waals surface area contributed by atoms with Crippen LogP contribution in [-0.4, -0.2) is 95.8 Å². The van der Waals surface area contributed by atoms with E-state index in [2.05, 4.69) is 15.6 Å². The lowest BCUT2D eigenvalue weighted by Crippen LogP contribution is -2.56. The highest BCUT2D eigenvalue weighted by atomic mass is 32.2. The number of nitrogens with two attached hydrogens (primary N) is 1. The second-order valence-corrected chi connectivity index (χ2v) is 15.6. The number of para-hydroxylation sites is 1. The van der Waals surface area contributed by atoms with E-state index in [1.165, 1.54) is 18.1 Å². The second kappa shape index (κ2) is 16.1. The van der Waals surface area contributed by atoms with Gasteiger partial charge in [0.25, 0.3) is 0 Å². The van der Waals surface area contributed by atoms with Gasteiger partial charge >= 0.3 is 12.1 Å². The van der Waals surface area contributed by atoms with Crippen LogP contribution in [0.1, 0.15) is 81.1 Å². The van der Waals surface area contributed by atoms with Crippen LogP contribution in [-0.2, 0) is 38.9 Å². The minimum atomic E-state index is -1.84. The number of carbonyl (C=O) groups is 5. The van der Waals surface area contributed by atoms with Crippen molar-refractivity contribution >= 4 is 51.4 Å². The quantitative estimate of drug-likeness (QED) is 0.118. The van der Waals surface area contributed by atoms with E-state index in [0.29, 0.717) is 35.1 Å². The molecule has 3 heterocycles. The van der Waals surface area contributed by atoms with Gasteiger partial charge in [0.15, 0.2) is 10.7 Å². The third-order valence-electron chi connectivity index (χ3n) is 10.5. The predicted molar refractivity (Wildman–Crippen MR) is 192 cm³/mol. The molecule has 2 saturated carbocycles. The number of carbonyl (C=O) groups excluding carboxylic acids is 5. The SMILES string of the molecule is COC(=O)[C@@]12CC1/C=C\CCCCC[C@H](NC(=O)OC1CCCC1)C(=O)N1C[C@H](Oc3cc(C(=O)CN)nc4c([SH+](C)=O)cccc34)C[C@H]1C(=O)N2. The number of pyridine rings is 1. The number of hydrogen-bond donors (Lipinski definition) is 3. The number of allylic oxidation sites excluding steroid dienone is 1. The highest BCUT2D eigenvalue weighted by molar-refractivity contribution is 7.84. The van der Waals surface area contributed by atoms with Crippen molar-refractivity contribution in [2.45, 2.75) is 105 Å². The van der Waals surface area contributed by atoms with Crippen molar-refractivity contribution in [3.63, 3.8) is 0 Å². The Morgan fingerprint density at radius 2 is 1.87 bits per heavy atom. The van der Waals surface area contributed by atoms with Crippen molar-refractivity contribution in [3.05, 3.63) is 42.1 Å². The van der Waals surface area contributed by atoms with Gasteiger partial charge in [-0.05, 0) is 63.5 Å². The maximum atomic E-state index is 14.5. The fourth-order valence-corrected chi connectivity index (χ4v) is 8.39. The molecule has 1 saturated heterocycles. The first-order valence-corrected chi connectivity index (χ1v) is 19.8. The van der Waals surface area contributed by atoms with E-state index in [-0.39, 0.29) is 43.0 Å². The van der Waals surface area contributed by atoms with Crippen LogP contribution in [0.15, 0.2) is 41.3 Å². The Morgan fingerprint density at radius 3 is 2.60 bits per heavy atom. The van der Waals surface area contributed by atoms with Crippen LogP contribution in [0.2, 0.25) is 0 Å². The Balaban J connectivity index is 1.33. The molecule has 6 atom stereocenters. The average Bonchev–Trinajstić information content (AvgIpc) is 3.41. The monoisotopic (exact) mass is 738 g/mol. The summed E-state index contributed by atoms with van der Waals surface area (Å²) in [6.45, 7) is -0.338. The number of fused-ring (bicyclic) bond motifs is 3. The summed E-state index contributed by atoms with van der Waals surface area (Å²) in [6, 6.07) is 4.57. The molecule has 2 aromatic rings. The van der Waals surface area contributed by atoms with E-state index in [1.807, 2.05) is 12.2 Å². The molecule has 0 spiro atoms. The summed E-state index contributed by atoms with van der Waals surface area (Å²) in [5, 5.41) is 6.23. The number of benzene rings is 1. The molecular formula is C37H48N5O9S+. The van der Waals surface area contributed by atoms with Gasteiger partial charge in [0, 0.05) is 23.8 Å². The molecule has 4 N–H and O–H groups in total. The number of nitrogens with one attached hydrogen (secondary N) is 2. The predicted octanol–water partition coefficient (Wildman–Crippen LogP) is 3.01. The Hall–Kier alpha value is -4.37. The number of nitrogens with zero attached hydrogens (tertiary/aromatic N) is 2. The third-order valence-corrected chi connectivity index (χ3v) is 11.6. The molecule has 1 aromatic heterocycles. The fourth-order valence-electron chi connectivity index (χ4n) is 7.63. The Bertz CT molecular complexity index is 1780. The van der Waals surface area contributed by atoms with Crippen LogP contribution < -0.4 is 21.1 Å². The highest BCUT2D eigenvalue weighted by Gasteiger charge is 2.62. The maximum absolute atomic E-state index is 14.5. The van der Waals surface area contributed by atoms with E-state index in [4.69, 9.17) is 19.9 Å². The van der Waals surface area contributed by atoms with Crippen LogP contribution in [0.3, 0.4) is 0 Å². The maximum Gasteiger partial charge on any atom is 0.408 e. The molecule has 0 radical (unpaired) electrons. The third kappa shape index (κ3) is 7.99. The minimum Gasteiger partial charge on any atom is -0.488 e. The summed E-state index contributed by atoms with van der Waals surface area (Å²) in [5.41, 5.74) is 4.78. The van der Waals surface area contributed by atoms with Gasteiger partial charge in [-0.25, -0.2) is 14.6 Å². The van der Waals surface area contributed by atoms with Crippen LogP contribution >= 0.6 is 0 Å². The zero-order valence-electron chi connectivity index (χ0n) is 29.6. The molecule has 2 aliphatic heterocycles. The van der Waals surface area contributed by atoms with Crippen LogP contribution in [0.5, 0.6) is 5.75 Å². The van der Waals surface area contributed by atoms with Crippen LogP contribution in [0.4, 0.5) is 4.79 Å². The number of ketones is 1. The molecule has 1 aromatic carbocycles. The van der Waals surface area contributed by atoms with Gasteiger partial charge in [-0.3, -0.25) is 14.4 Å². The summed E-state index contributed by atoms with van der Waals surface area (Å²) < 4.78 is 29.9. The van der Waals surface area contributed by atoms with Gasteiger partial charge in [0.05, 0.1) is 20.2 Å². The summed E-state index contributed by atoms with van der Waals surface area (Å²) >= 11 is 0. The number of rotatable bonds is 8. The van der Waals surface area contributed by atoms with Gasteiger partial charge in [-0.1, -0.05) is 31.1 Å². The Morgan fingerprint density at radius 1 is 1.10 bits per heavy atom. The van der Waals surface area contributed by atoms with Crippen molar-refractivity contribution < 1.29 is 42.4 Å². The van der Waals surface area contributed by atoms with E-state index < -0.39 is 64.2 Å². The second-order valence-electron chi connectivity index (χ2n) is 14.1. The van der Waals surface area contributed by atoms with Gasteiger partial charge < -0.3 is 35.5 Å². The molecule has 4 aliphatic rings. The van der Waals surface area contributed by atoms with Gasteiger partial charge in [0.1, 0.15) is 63.8 Å². The number of alkyl carbamates (subject to hydrolysis) is 1. The lowest BCUT2D eigenvalue weighted by Gasteiger charge is -2.29. The van der Waals surface area contributed by atoms with Crippen molar-refractivity contribution in [3.8, 4) is 5.75 Å². The van der Waals surface area contributed by atoms with Gasteiger partial charge in [-0.2, -0.15) is 0 Å². The van der Waals surface area contributed by atoms with E-state index in [1.54, 1.807) is 24.5 Å². The number of hydrogen-bond acceptors (Lipinski definition) is 11. The number of Topliss-reactive ketones (excluding diaryl/α,β-unsaturated/α-hetero) is 1. The molecule has 15 heteroatoms. The zero-order valence-corrected chi connectivity index (χ0v) is 30.5. The number of amides is 3. The first-order valence-electron chi connectivity index (χ1n) is 18.1. The number of methoxy groups -OCH3 is 1. The molecule has 2 unspecified atom stereocenters. The van der Waals surface area contributed by atoms with Gasteiger partial charge in [-0.15, -0.1) is 4.21 Å². The molecule has 2 aliphatic carbocycles. The number of thiol groups is 1. The van der Waals surface area contributed by atoms with Gasteiger partial charge in [0.2, 0.25) is 11.8 Å². The number of aromatic nitrogens is 1. The van der Waals surface area contributed by atoms with Crippen molar-refractivity contribution in [2.75, 3.05) is 26.5 Å². The minimum absolute atomic E-state index is 0.0347. The Labute approximate surface area is 305 Å². The van der Waals surface area contributed by atoms with Crippen LogP contribution in [0.25, 0.3) is 10.9 Å². The number of esters is 1. The Kier molecular flexibility index (Phi) is 11.6. The summed E-state index contributed by atoms with van der Waals surface area (Å²) in [4.78, 5) is 73.9. The average molecular weight is 739 g/mol. The molecule has 3 amide bonds. The summed E-state index contributed by atoms with van der Waals surface area (Å²) in [7, 11) is -0.562. The molecule has 14 nitrogen and oxygen atoms in total. The lowest BCUT2D eigenvalue weighted by molar-refractivity contribution is -0.148. The summed E-state index contributed by atoms with van der Waals surface area (Å²) in [6.07, 6.45) is 11.2. The van der Waals surface area contributed by atoms with Crippen molar-refractivity contribution in [2.24, 2.45) is 11.7 Å². The molecular weight excluding hydrogens is 691 g/mol. The fraction of sp³-hybridized carbons (Fsp3) is 0.568. The molecule has 6 rings (SSSR count). The van der Waals surface area contributed by atoms with E-state index in [0.717, 1.165) is 44.9 Å². The standard InChI is InChI=1S/C37H47N5O9S/c1-49-35(46)37-19-22(37)11-6-4-3-5-7-15-26(40-36(47)51-23-12-8-9-13-23)34(45)42-21-24(17-28(42)33(44)41-37)50-30-18-27(29(43)20-38)39-32-25(30)14-10-16-31(32)52(2)48/h6,10-11,14,16,18,22-24,26,28H,3-5,7-9,12-13,15,17,19-21,38H2,1-2H3,(H,40,47)(H,41,44)/p+1/b11-6-/t22?,24-,26+,28+,37-,52?/m1/s1. The van der Waals surface area contributed by atoms with E-state index in [9.17, 15) is 28.2 Å². The largest absolute Gasteiger partial charge is 0.488 e. The molecule has 3 fully saturated rings. The van der Waals surface area contributed by atoms with Crippen molar-refractivity contribution in [1.82, 2.24) is 20.5 Å². The summed E-state index contributed by atoms with van der Waals surface area (Å²) in [5.74, 6) is -2.02. The smallest absolute Gasteiger partial charge is 0.408 e. The van der Waals surface area contributed by atoms with Crippen LogP contribution in [0, 0.1) is 5.92 Å². The highest BCUT2D eigenvalue weighted by Crippen LogP contribution is 2.46.